The Labute approximate surface area is 99.4 Å². The number of rotatable bonds is 3. The molecule has 0 atom stereocenters. The summed E-state index contributed by atoms with van der Waals surface area (Å²) in [4.78, 5) is 0. The number of benzene rings is 2. The van der Waals surface area contributed by atoms with Crippen molar-refractivity contribution in [3.8, 4) is 0 Å². The summed E-state index contributed by atoms with van der Waals surface area (Å²) >= 11 is 3.60. The maximum atomic E-state index is 3.60. The monoisotopic (exact) mass is 262 g/mol. The summed E-state index contributed by atoms with van der Waals surface area (Å²) in [5.41, 5.74) is 1.47. The number of halogens is 1. The van der Waals surface area contributed by atoms with Gasteiger partial charge in [-0.3, -0.25) is 0 Å². The highest BCUT2D eigenvalue weighted by atomic mass is 79.9. The van der Waals surface area contributed by atoms with Crippen molar-refractivity contribution >= 4 is 26.7 Å². The van der Waals surface area contributed by atoms with Crippen LogP contribution in [0.1, 0.15) is 25.3 Å². The van der Waals surface area contributed by atoms with E-state index in [0.29, 0.717) is 0 Å². The second-order valence-electron chi connectivity index (χ2n) is 3.86. The van der Waals surface area contributed by atoms with E-state index >= 15 is 0 Å². The highest BCUT2D eigenvalue weighted by molar-refractivity contribution is 9.10. The van der Waals surface area contributed by atoms with Crippen LogP contribution in [0.25, 0.3) is 10.8 Å². The van der Waals surface area contributed by atoms with Crippen LogP contribution in [0, 0.1) is 0 Å². The lowest BCUT2D eigenvalue weighted by Crippen LogP contribution is -1.87. The molecule has 0 aliphatic heterocycles. The Morgan fingerprint density at radius 2 is 1.73 bits per heavy atom. The van der Waals surface area contributed by atoms with Gasteiger partial charge in [0.2, 0.25) is 0 Å². The summed E-state index contributed by atoms with van der Waals surface area (Å²) in [7, 11) is 0. The van der Waals surface area contributed by atoms with E-state index in [9.17, 15) is 0 Å². The molecule has 0 aliphatic rings. The number of fused-ring (bicyclic) bond motifs is 1. The molecule has 0 saturated carbocycles. The molecule has 0 unspecified atom stereocenters. The SMILES string of the molecule is CCCCc1cccc2c(Br)cccc12. The Bertz CT molecular complexity index is 460. The van der Waals surface area contributed by atoms with Crippen molar-refractivity contribution in [3.63, 3.8) is 0 Å². The molecule has 0 nitrogen and oxygen atoms in total. The smallest absolute Gasteiger partial charge is 0.0253 e. The maximum absolute atomic E-state index is 3.60. The Morgan fingerprint density at radius 1 is 1.00 bits per heavy atom. The first-order valence-electron chi connectivity index (χ1n) is 5.49. The molecule has 2 aromatic carbocycles. The fraction of sp³-hybridized carbons (Fsp3) is 0.286. The standard InChI is InChI=1S/C14H15Br/c1-2-3-6-11-7-4-9-13-12(11)8-5-10-14(13)15/h4-5,7-10H,2-3,6H2,1H3. The van der Waals surface area contributed by atoms with Crippen molar-refractivity contribution in [3.05, 3.63) is 46.4 Å². The van der Waals surface area contributed by atoms with Crippen LogP contribution in [-0.4, -0.2) is 0 Å². The largest absolute Gasteiger partial charge is 0.0654 e. The van der Waals surface area contributed by atoms with Crippen molar-refractivity contribution in [1.29, 1.82) is 0 Å². The van der Waals surface area contributed by atoms with Crippen LogP contribution in [0.2, 0.25) is 0 Å². The van der Waals surface area contributed by atoms with Crippen molar-refractivity contribution in [1.82, 2.24) is 0 Å². The first-order valence-corrected chi connectivity index (χ1v) is 6.28. The molecule has 0 bridgehead atoms. The lowest BCUT2D eigenvalue weighted by molar-refractivity contribution is 0.799. The van der Waals surface area contributed by atoms with Gasteiger partial charge in [-0.05, 0) is 35.2 Å². The maximum Gasteiger partial charge on any atom is 0.0253 e. The first kappa shape index (κ1) is 10.7. The zero-order chi connectivity index (χ0) is 10.7. The summed E-state index contributed by atoms with van der Waals surface area (Å²) in [5.74, 6) is 0. The highest BCUT2D eigenvalue weighted by Gasteiger charge is 2.02. The predicted octanol–water partition coefficient (Wildman–Crippen LogP) is 4.94. The molecule has 0 radical (unpaired) electrons. The van der Waals surface area contributed by atoms with Crippen molar-refractivity contribution in [2.75, 3.05) is 0 Å². The van der Waals surface area contributed by atoms with E-state index in [1.807, 2.05) is 0 Å². The molecule has 2 rings (SSSR count). The fourth-order valence-corrected chi connectivity index (χ4v) is 2.42. The summed E-state index contributed by atoms with van der Waals surface area (Å²) in [6.07, 6.45) is 3.71. The molecule has 0 aliphatic carbocycles. The number of aryl methyl sites for hydroxylation is 1. The molecule has 0 amide bonds. The van der Waals surface area contributed by atoms with Gasteiger partial charge in [-0.15, -0.1) is 0 Å². The van der Waals surface area contributed by atoms with Gasteiger partial charge in [-0.25, -0.2) is 0 Å². The van der Waals surface area contributed by atoms with Gasteiger partial charge >= 0.3 is 0 Å². The van der Waals surface area contributed by atoms with Gasteiger partial charge < -0.3 is 0 Å². The van der Waals surface area contributed by atoms with Gasteiger partial charge in [0.25, 0.3) is 0 Å². The fourth-order valence-electron chi connectivity index (χ4n) is 1.92. The van der Waals surface area contributed by atoms with E-state index in [2.05, 4.69) is 59.3 Å². The normalized spacial score (nSPS) is 10.8. The third kappa shape index (κ3) is 2.23. The Morgan fingerprint density at radius 3 is 2.53 bits per heavy atom. The first-order chi connectivity index (χ1) is 7.33. The van der Waals surface area contributed by atoms with Gasteiger partial charge in [-0.2, -0.15) is 0 Å². The Balaban J connectivity index is 2.51. The molecule has 15 heavy (non-hydrogen) atoms. The molecule has 0 aromatic heterocycles. The highest BCUT2D eigenvalue weighted by Crippen LogP contribution is 2.27. The molecule has 1 heteroatoms. The lowest BCUT2D eigenvalue weighted by Gasteiger charge is -2.06. The van der Waals surface area contributed by atoms with Crippen LogP contribution in [0.5, 0.6) is 0 Å². The van der Waals surface area contributed by atoms with Crippen molar-refractivity contribution in [2.45, 2.75) is 26.2 Å². The van der Waals surface area contributed by atoms with Gasteiger partial charge in [0, 0.05) is 4.47 Å². The zero-order valence-electron chi connectivity index (χ0n) is 8.96. The van der Waals surface area contributed by atoms with Gasteiger partial charge in [0.05, 0.1) is 0 Å². The number of hydrogen-bond acceptors (Lipinski definition) is 0. The summed E-state index contributed by atoms with van der Waals surface area (Å²) in [6.45, 7) is 2.24. The molecule has 78 valence electrons. The van der Waals surface area contributed by atoms with Gasteiger partial charge in [0.15, 0.2) is 0 Å². The van der Waals surface area contributed by atoms with E-state index in [4.69, 9.17) is 0 Å². The van der Waals surface area contributed by atoms with Gasteiger partial charge in [0.1, 0.15) is 0 Å². The van der Waals surface area contributed by atoms with E-state index in [1.165, 1.54) is 40.1 Å². The minimum atomic E-state index is 1.18. The van der Waals surface area contributed by atoms with E-state index < -0.39 is 0 Å². The minimum absolute atomic E-state index is 1.18. The summed E-state index contributed by atoms with van der Waals surface area (Å²) in [5, 5.41) is 2.71. The molecule has 0 fully saturated rings. The molecule has 2 aromatic rings. The minimum Gasteiger partial charge on any atom is -0.0654 e. The molecule has 0 saturated heterocycles. The van der Waals surface area contributed by atoms with Crippen LogP contribution in [0.3, 0.4) is 0 Å². The second kappa shape index (κ2) is 4.80. The van der Waals surface area contributed by atoms with Crippen LogP contribution in [-0.2, 0) is 6.42 Å². The van der Waals surface area contributed by atoms with Gasteiger partial charge in [-0.1, -0.05) is 59.6 Å². The Kier molecular flexibility index (Phi) is 3.42. The van der Waals surface area contributed by atoms with E-state index in [-0.39, 0.29) is 0 Å². The van der Waals surface area contributed by atoms with E-state index in [1.54, 1.807) is 0 Å². The Hall–Kier alpha value is -0.820. The summed E-state index contributed by atoms with van der Waals surface area (Å²) < 4.78 is 1.19. The molecule has 0 N–H and O–H groups in total. The summed E-state index contributed by atoms with van der Waals surface area (Å²) in [6, 6.07) is 13.0. The topological polar surface area (TPSA) is 0 Å². The third-order valence-corrected chi connectivity index (χ3v) is 3.45. The number of hydrogen-bond donors (Lipinski definition) is 0. The second-order valence-corrected chi connectivity index (χ2v) is 4.71. The predicted molar refractivity (Wildman–Crippen MR) is 70.3 cm³/mol. The van der Waals surface area contributed by atoms with Crippen LogP contribution < -0.4 is 0 Å². The van der Waals surface area contributed by atoms with Crippen molar-refractivity contribution in [2.24, 2.45) is 0 Å². The quantitative estimate of drug-likeness (QED) is 0.735. The van der Waals surface area contributed by atoms with Crippen LogP contribution >= 0.6 is 15.9 Å². The third-order valence-electron chi connectivity index (χ3n) is 2.76. The van der Waals surface area contributed by atoms with Crippen molar-refractivity contribution < 1.29 is 0 Å². The molecular weight excluding hydrogens is 248 g/mol. The molecule has 0 heterocycles. The van der Waals surface area contributed by atoms with Crippen LogP contribution in [0.15, 0.2) is 40.9 Å². The zero-order valence-corrected chi connectivity index (χ0v) is 10.5. The average Bonchev–Trinajstić information content (AvgIpc) is 2.27. The molecular formula is C14H15Br. The van der Waals surface area contributed by atoms with Crippen LogP contribution in [0.4, 0.5) is 0 Å². The molecule has 0 spiro atoms. The van der Waals surface area contributed by atoms with E-state index in [0.717, 1.165) is 0 Å². The lowest BCUT2D eigenvalue weighted by atomic mass is 10.0. The number of unbranched alkanes of at least 4 members (excludes halogenated alkanes) is 1. The average molecular weight is 263 g/mol.